The average Bonchev–Trinajstić information content (AvgIpc) is 2.51. The molecule has 2 heteroatoms. The quantitative estimate of drug-likeness (QED) is 0.443. The highest BCUT2D eigenvalue weighted by atomic mass is 16.5. The van der Waals surface area contributed by atoms with Crippen molar-refractivity contribution in [1.82, 2.24) is 0 Å². The molecule has 1 unspecified atom stereocenters. The van der Waals surface area contributed by atoms with Crippen molar-refractivity contribution in [1.29, 1.82) is 0 Å². The molecule has 1 fully saturated rings. The molecule has 0 aromatic rings. The number of methoxy groups -OCH3 is 1. The first-order valence-electron chi connectivity index (χ1n) is 4.38. The molecule has 0 heterocycles. The third kappa shape index (κ3) is 1.87. The van der Waals surface area contributed by atoms with Crippen molar-refractivity contribution in [2.75, 3.05) is 7.11 Å². The van der Waals surface area contributed by atoms with E-state index in [-0.39, 0.29) is 11.9 Å². The highest BCUT2D eigenvalue weighted by molar-refractivity contribution is 5.73. The fourth-order valence-electron chi connectivity index (χ4n) is 1.67. The van der Waals surface area contributed by atoms with Crippen LogP contribution in [-0.4, -0.2) is 13.1 Å². The molecule has 0 aromatic heterocycles. The van der Waals surface area contributed by atoms with Gasteiger partial charge in [0.25, 0.3) is 0 Å². The van der Waals surface area contributed by atoms with Crippen molar-refractivity contribution in [3.63, 3.8) is 0 Å². The predicted molar refractivity (Wildman–Crippen MR) is 47.7 cm³/mol. The van der Waals surface area contributed by atoms with Gasteiger partial charge in [-0.15, -0.1) is 0 Å². The summed E-state index contributed by atoms with van der Waals surface area (Å²) in [6.07, 6.45) is 2.95. The van der Waals surface area contributed by atoms with E-state index in [9.17, 15) is 4.79 Å². The molecular weight excluding hydrogens is 152 g/mol. The molecule has 68 valence electrons. The van der Waals surface area contributed by atoms with Gasteiger partial charge in [-0.2, -0.15) is 0 Å². The summed E-state index contributed by atoms with van der Waals surface area (Å²) in [4.78, 5) is 11.1. The third-order valence-corrected chi connectivity index (χ3v) is 2.53. The Hall–Kier alpha value is -0.790. The molecule has 12 heavy (non-hydrogen) atoms. The first kappa shape index (κ1) is 9.30. The molecule has 1 saturated carbocycles. The number of carbonyl (C=O) groups is 1. The summed E-state index contributed by atoms with van der Waals surface area (Å²) >= 11 is 0. The summed E-state index contributed by atoms with van der Waals surface area (Å²) in [6, 6.07) is 0. The van der Waals surface area contributed by atoms with Gasteiger partial charge in [-0.3, -0.25) is 4.79 Å². The van der Waals surface area contributed by atoms with Gasteiger partial charge in [-0.1, -0.05) is 11.1 Å². The van der Waals surface area contributed by atoms with Gasteiger partial charge in [0.05, 0.1) is 13.0 Å². The maximum absolute atomic E-state index is 11.1. The van der Waals surface area contributed by atoms with Crippen LogP contribution in [0.25, 0.3) is 0 Å². The molecule has 0 bridgehead atoms. The van der Waals surface area contributed by atoms with E-state index in [4.69, 9.17) is 4.74 Å². The van der Waals surface area contributed by atoms with Gasteiger partial charge >= 0.3 is 5.97 Å². The minimum Gasteiger partial charge on any atom is -0.469 e. The Morgan fingerprint density at radius 2 is 2.17 bits per heavy atom. The van der Waals surface area contributed by atoms with E-state index in [1.54, 1.807) is 0 Å². The summed E-state index contributed by atoms with van der Waals surface area (Å²) in [5, 5.41) is 0. The Kier molecular flexibility index (Phi) is 2.90. The number of hydrogen-bond acceptors (Lipinski definition) is 2. The second-order valence-electron chi connectivity index (χ2n) is 3.57. The van der Waals surface area contributed by atoms with Crippen LogP contribution in [0.15, 0.2) is 11.1 Å². The number of hydrogen-bond donors (Lipinski definition) is 0. The summed E-state index contributed by atoms with van der Waals surface area (Å²) in [7, 11) is 1.46. The second-order valence-corrected chi connectivity index (χ2v) is 3.57. The lowest BCUT2D eigenvalue weighted by molar-refractivity contribution is -0.145. The second kappa shape index (κ2) is 3.74. The van der Waals surface area contributed by atoms with Gasteiger partial charge in [0.1, 0.15) is 0 Å². The molecule has 1 aliphatic carbocycles. The number of esters is 1. The highest BCUT2D eigenvalue weighted by Crippen LogP contribution is 2.32. The Bertz CT molecular complexity index is 212. The maximum Gasteiger partial charge on any atom is 0.308 e. The lowest BCUT2D eigenvalue weighted by Crippen LogP contribution is -2.11. The van der Waals surface area contributed by atoms with Gasteiger partial charge in [-0.05, 0) is 33.1 Å². The fraction of sp³-hybridized carbons (Fsp3) is 0.700. The normalized spacial score (nSPS) is 22.6. The van der Waals surface area contributed by atoms with Gasteiger partial charge in [-0.25, -0.2) is 0 Å². The molecule has 0 radical (unpaired) electrons. The lowest BCUT2D eigenvalue weighted by Gasteiger charge is -2.04. The number of carbonyl (C=O) groups excluding carboxylic acids is 1. The van der Waals surface area contributed by atoms with Crippen molar-refractivity contribution < 1.29 is 9.53 Å². The minimum atomic E-state index is -0.0498. The van der Waals surface area contributed by atoms with Gasteiger partial charge < -0.3 is 4.74 Å². The Labute approximate surface area is 73.6 Å². The Balaban J connectivity index is 2.57. The molecule has 0 amide bonds. The zero-order chi connectivity index (χ0) is 9.14. The lowest BCUT2D eigenvalue weighted by atomic mass is 10.1. The van der Waals surface area contributed by atoms with E-state index >= 15 is 0 Å². The van der Waals surface area contributed by atoms with Crippen molar-refractivity contribution in [2.24, 2.45) is 5.92 Å². The van der Waals surface area contributed by atoms with Crippen LogP contribution in [-0.2, 0) is 9.53 Å². The first-order chi connectivity index (χ1) is 5.65. The standard InChI is InChI=1S/C10H16O2/c1-7(2)8-4-5-9(6-8)10(11)12-3/h9H,4-6H2,1-3H3. The minimum absolute atomic E-state index is 0.0498. The fourth-order valence-corrected chi connectivity index (χ4v) is 1.67. The molecular formula is C10H16O2. The molecule has 0 aliphatic heterocycles. The molecule has 1 rings (SSSR count). The van der Waals surface area contributed by atoms with Crippen LogP contribution >= 0.6 is 0 Å². The molecule has 2 nitrogen and oxygen atoms in total. The number of rotatable bonds is 1. The molecule has 1 aliphatic rings. The van der Waals surface area contributed by atoms with Crippen molar-refractivity contribution in [3.05, 3.63) is 11.1 Å². The summed E-state index contributed by atoms with van der Waals surface area (Å²) in [5.74, 6) is 0.0751. The number of ether oxygens (including phenoxy) is 1. The average molecular weight is 168 g/mol. The van der Waals surface area contributed by atoms with E-state index < -0.39 is 0 Å². The molecule has 0 aromatic carbocycles. The van der Waals surface area contributed by atoms with Crippen LogP contribution in [0.4, 0.5) is 0 Å². The number of allylic oxidation sites excluding steroid dienone is 2. The van der Waals surface area contributed by atoms with Crippen molar-refractivity contribution >= 4 is 5.97 Å². The predicted octanol–water partition coefficient (Wildman–Crippen LogP) is 2.30. The van der Waals surface area contributed by atoms with Crippen molar-refractivity contribution in [2.45, 2.75) is 33.1 Å². The Morgan fingerprint density at radius 3 is 2.58 bits per heavy atom. The van der Waals surface area contributed by atoms with Crippen LogP contribution in [0.1, 0.15) is 33.1 Å². The SMILES string of the molecule is COC(=O)C1CCC(=C(C)C)C1. The largest absolute Gasteiger partial charge is 0.469 e. The zero-order valence-corrected chi connectivity index (χ0v) is 8.02. The third-order valence-electron chi connectivity index (χ3n) is 2.53. The first-order valence-corrected chi connectivity index (χ1v) is 4.38. The monoisotopic (exact) mass is 168 g/mol. The summed E-state index contributed by atoms with van der Waals surface area (Å²) < 4.78 is 4.70. The topological polar surface area (TPSA) is 26.3 Å². The molecule has 0 saturated heterocycles. The van der Waals surface area contributed by atoms with Crippen LogP contribution in [0, 0.1) is 5.92 Å². The molecule has 0 N–H and O–H groups in total. The van der Waals surface area contributed by atoms with Crippen LogP contribution in [0.2, 0.25) is 0 Å². The molecule has 0 spiro atoms. The van der Waals surface area contributed by atoms with Gasteiger partial charge in [0, 0.05) is 0 Å². The summed E-state index contributed by atoms with van der Waals surface area (Å²) in [6.45, 7) is 4.21. The van der Waals surface area contributed by atoms with Crippen LogP contribution in [0.3, 0.4) is 0 Å². The van der Waals surface area contributed by atoms with Crippen LogP contribution < -0.4 is 0 Å². The van der Waals surface area contributed by atoms with E-state index in [1.807, 2.05) is 0 Å². The Morgan fingerprint density at radius 1 is 1.50 bits per heavy atom. The maximum atomic E-state index is 11.1. The highest BCUT2D eigenvalue weighted by Gasteiger charge is 2.26. The summed E-state index contributed by atoms with van der Waals surface area (Å²) in [5.41, 5.74) is 2.80. The smallest absolute Gasteiger partial charge is 0.308 e. The van der Waals surface area contributed by atoms with E-state index in [0.717, 1.165) is 19.3 Å². The van der Waals surface area contributed by atoms with E-state index in [2.05, 4.69) is 13.8 Å². The van der Waals surface area contributed by atoms with Crippen LogP contribution in [0.5, 0.6) is 0 Å². The molecule has 1 atom stereocenters. The van der Waals surface area contributed by atoms with E-state index in [0.29, 0.717) is 0 Å². The van der Waals surface area contributed by atoms with Gasteiger partial charge in [0.2, 0.25) is 0 Å². The van der Waals surface area contributed by atoms with Gasteiger partial charge in [0.15, 0.2) is 0 Å². The zero-order valence-electron chi connectivity index (χ0n) is 8.02. The van der Waals surface area contributed by atoms with E-state index in [1.165, 1.54) is 18.3 Å². The van der Waals surface area contributed by atoms with Crippen molar-refractivity contribution in [3.8, 4) is 0 Å².